The van der Waals surface area contributed by atoms with Crippen molar-refractivity contribution >= 4 is 0 Å². The maximum absolute atomic E-state index is 5.95. The minimum Gasteiger partial charge on any atom is -0.376 e. The average molecular weight is 214 g/mol. The predicted molar refractivity (Wildman–Crippen MR) is 68.2 cm³/mol. The molecule has 1 heteroatoms. The summed E-state index contributed by atoms with van der Waals surface area (Å²) in [6.07, 6.45) is 5.80. The van der Waals surface area contributed by atoms with E-state index in [0.29, 0.717) is 12.2 Å². The summed E-state index contributed by atoms with van der Waals surface area (Å²) in [5.41, 5.74) is 0. The molecule has 0 aliphatic rings. The van der Waals surface area contributed by atoms with E-state index in [1.54, 1.807) is 0 Å². The summed E-state index contributed by atoms with van der Waals surface area (Å²) in [5, 5.41) is 0. The Bertz CT molecular complexity index is 124. The zero-order valence-corrected chi connectivity index (χ0v) is 11.5. The second-order valence-electron chi connectivity index (χ2n) is 5.70. The number of rotatable bonds is 8. The van der Waals surface area contributed by atoms with E-state index in [4.69, 9.17) is 4.74 Å². The van der Waals surface area contributed by atoms with Crippen LogP contribution in [0.2, 0.25) is 0 Å². The monoisotopic (exact) mass is 214 g/mol. The number of ether oxygens (including phenoxy) is 1. The van der Waals surface area contributed by atoms with Gasteiger partial charge in [-0.15, -0.1) is 0 Å². The lowest BCUT2D eigenvalue weighted by Gasteiger charge is -2.20. The highest BCUT2D eigenvalue weighted by Crippen LogP contribution is 2.14. The van der Waals surface area contributed by atoms with Gasteiger partial charge in [0, 0.05) is 0 Å². The third kappa shape index (κ3) is 10.2. The van der Waals surface area contributed by atoms with Crippen LogP contribution in [0.4, 0.5) is 0 Å². The first-order chi connectivity index (χ1) is 6.91. The topological polar surface area (TPSA) is 9.23 Å². The first-order valence-electron chi connectivity index (χ1n) is 6.57. The van der Waals surface area contributed by atoms with Gasteiger partial charge in [0.05, 0.1) is 12.2 Å². The van der Waals surface area contributed by atoms with Crippen molar-refractivity contribution in [2.24, 2.45) is 11.8 Å². The highest BCUT2D eigenvalue weighted by atomic mass is 16.5. The lowest BCUT2D eigenvalue weighted by molar-refractivity contribution is -0.00467. The fourth-order valence-corrected chi connectivity index (χ4v) is 1.67. The van der Waals surface area contributed by atoms with Crippen LogP contribution in [0.15, 0.2) is 0 Å². The second kappa shape index (κ2) is 8.15. The highest BCUT2D eigenvalue weighted by molar-refractivity contribution is 4.59. The molecule has 15 heavy (non-hydrogen) atoms. The smallest absolute Gasteiger partial charge is 0.0550 e. The molecule has 0 saturated heterocycles. The van der Waals surface area contributed by atoms with Gasteiger partial charge >= 0.3 is 0 Å². The summed E-state index contributed by atoms with van der Waals surface area (Å²) in [6, 6.07) is 0. The van der Waals surface area contributed by atoms with Crippen LogP contribution in [0.25, 0.3) is 0 Å². The van der Waals surface area contributed by atoms with Crippen molar-refractivity contribution < 1.29 is 4.74 Å². The van der Waals surface area contributed by atoms with Crippen LogP contribution in [0.1, 0.15) is 67.2 Å². The summed E-state index contributed by atoms with van der Waals surface area (Å²) in [7, 11) is 0. The fourth-order valence-electron chi connectivity index (χ4n) is 1.67. The van der Waals surface area contributed by atoms with Crippen molar-refractivity contribution in [3.8, 4) is 0 Å². The molecule has 2 atom stereocenters. The van der Waals surface area contributed by atoms with Crippen molar-refractivity contribution in [1.29, 1.82) is 0 Å². The highest BCUT2D eigenvalue weighted by Gasteiger charge is 2.09. The Morgan fingerprint density at radius 3 is 1.20 bits per heavy atom. The third-order valence-electron chi connectivity index (χ3n) is 2.77. The van der Waals surface area contributed by atoms with Gasteiger partial charge in [0.25, 0.3) is 0 Å². The van der Waals surface area contributed by atoms with E-state index in [0.717, 1.165) is 11.8 Å². The summed E-state index contributed by atoms with van der Waals surface area (Å²) in [5.74, 6) is 1.59. The van der Waals surface area contributed by atoms with Crippen LogP contribution in [0.3, 0.4) is 0 Å². The zero-order chi connectivity index (χ0) is 11.8. The van der Waals surface area contributed by atoms with Crippen molar-refractivity contribution in [2.45, 2.75) is 79.4 Å². The first kappa shape index (κ1) is 15.0. The fraction of sp³-hybridized carbons (Fsp3) is 1.00. The van der Waals surface area contributed by atoms with E-state index >= 15 is 0 Å². The molecule has 0 aliphatic heterocycles. The Labute approximate surface area is 96.6 Å². The maximum atomic E-state index is 5.95. The molecular formula is C14H30O. The van der Waals surface area contributed by atoms with Crippen molar-refractivity contribution in [2.75, 3.05) is 0 Å². The van der Waals surface area contributed by atoms with Crippen molar-refractivity contribution in [3.63, 3.8) is 0 Å². The van der Waals surface area contributed by atoms with Crippen LogP contribution >= 0.6 is 0 Å². The molecule has 0 radical (unpaired) electrons. The van der Waals surface area contributed by atoms with Gasteiger partial charge in [-0.25, -0.2) is 0 Å². The van der Waals surface area contributed by atoms with E-state index in [-0.39, 0.29) is 0 Å². The quantitative estimate of drug-likeness (QED) is 0.571. The summed E-state index contributed by atoms with van der Waals surface area (Å²) < 4.78 is 5.95. The molecule has 0 bridgehead atoms. The molecule has 92 valence electrons. The van der Waals surface area contributed by atoms with Gasteiger partial charge in [-0.05, 0) is 51.4 Å². The largest absolute Gasteiger partial charge is 0.376 e. The maximum Gasteiger partial charge on any atom is 0.0550 e. The molecule has 0 fully saturated rings. The Kier molecular flexibility index (Phi) is 8.13. The van der Waals surface area contributed by atoms with Gasteiger partial charge in [0.2, 0.25) is 0 Å². The second-order valence-corrected chi connectivity index (χ2v) is 5.70. The Hall–Kier alpha value is -0.0400. The van der Waals surface area contributed by atoms with Crippen LogP contribution in [0, 0.1) is 11.8 Å². The van der Waals surface area contributed by atoms with E-state index < -0.39 is 0 Å². The summed E-state index contributed by atoms with van der Waals surface area (Å²) in [6.45, 7) is 13.5. The molecule has 0 aromatic heterocycles. The van der Waals surface area contributed by atoms with Gasteiger partial charge in [0.15, 0.2) is 0 Å². The minimum absolute atomic E-state index is 0.426. The molecule has 0 saturated carbocycles. The first-order valence-corrected chi connectivity index (χ1v) is 6.57. The van der Waals surface area contributed by atoms with E-state index in [9.17, 15) is 0 Å². The van der Waals surface area contributed by atoms with Crippen molar-refractivity contribution in [1.82, 2.24) is 0 Å². The minimum atomic E-state index is 0.426. The molecule has 0 spiro atoms. The zero-order valence-electron chi connectivity index (χ0n) is 11.5. The molecule has 1 nitrogen and oxygen atoms in total. The Morgan fingerprint density at radius 1 is 0.600 bits per heavy atom. The lowest BCUT2D eigenvalue weighted by atomic mass is 10.0. The van der Waals surface area contributed by atoms with Crippen LogP contribution in [0.5, 0.6) is 0 Å². The van der Waals surface area contributed by atoms with Crippen LogP contribution in [-0.2, 0) is 4.74 Å². The summed E-state index contributed by atoms with van der Waals surface area (Å²) >= 11 is 0. The van der Waals surface area contributed by atoms with Gasteiger partial charge in [-0.1, -0.05) is 27.7 Å². The average Bonchev–Trinajstić information content (AvgIpc) is 2.11. The van der Waals surface area contributed by atoms with E-state index in [1.165, 1.54) is 25.7 Å². The van der Waals surface area contributed by atoms with Gasteiger partial charge in [0.1, 0.15) is 0 Å². The molecule has 0 aromatic rings. The van der Waals surface area contributed by atoms with Gasteiger partial charge in [-0.3, -0.25) is 0 Å². The Balaban J connectivity index is 3.52. The number of hydrogen-bond acceptors (Lipinski definition) is 1. The van der Waals surface area contributed by atoms with Gasteiger partial charge < -0.3 is 4.74 Å². The molecule has 0 aliphatic carbocycles. The SMILES string of the molecule is CC(C)CCC(C)OC(C)CCC(C)C. The molecule has 0 aromatic carbocycles. The number of hydrogen-bond donors (Lipinski definition) is 0. The standard InChI is InChI=1S/C14H30O/c1-11(2)7-9-13(5)15-14(6)10-8-12(3)4/h11-14H,7-10H2,1-6H3. The molecule has 0 rings (SSSR count). The van der Waals surface area contributed by atoms with Gasteiger partial charge in [-0.2, -0.15) is 0 Å². The molecule has 0 amide bonds. The predicted octanol–water partition coefficient (Wildman–Crippen LogP) is 4.65. The third-order valence-corrected chi connectivity index (χ3v) is 2.77. The van der Waals surface area contributed by atoms with E-state index in [1.807, 2.05) is 0 Å². The van der Waals surface area contributed by atoms with Crippen molar-refractivity contribution in [3.05, 3.63) is 0 Å². The van der Waals surface area contributed by atoms with E-state index in [2.05, 4.69) is 41.5 Å². The summed E-state index contributed by atoms with van der Waals surface area (Å²) in [4.78, 5) is 0. The molecular weight excluding hydrogens is 184 g/mol. The van der Waals surface area contributed by atoms with Crippen LogP contribution < -0.4 is 0 Å². The molecule has 0 heterocycles. The normalized spacial score (nSPS) is 16.0. The molecule has 0 N–H and O–H groups in total. The lowest BCUT2D eigenvalue weighted by Crippen LogP contribution is -2.18. The molecule has 2 unspecified atom stereocenters. The Morgan fingerprint density at radius 2 is 0.933 bits per heavy atom. The van der Waals surface area contributed by atoms with Crippen LogP contribution in [-0.4, -0.2) is 12.2 Å².